The maximum atomic E-state index is 5.81. The highest BCUT2D eigenvalue weighted by atomic mass is 16.5. The Morgan fingerprint density at radius 3 is 2.77 bits per heavy atom. The van der Waals surface area contributed by atoms with Crippen LogP contribution in [0.2, 0.25) is 0 Å². The average molecular weight is 350 g/mol. The lowest BCUT2D eigenvalue weighted by molar-refractivity contribution is 0.0820. The van der Waals surface area contributed by atoms with Crippen LogP contribution in [-0.4, -0.2) is 40.3 Å². The molecule has 1 atom stereocenters. The van der Waals surface area contributed by atoms with E-state index in [0.29, 0.717) is 0 Å². The zero-order chi connectivity index (χ0) is 18.1. The van der Waals surface area contributed by atoms with Crippen molar-refractivity contribution in [2.45, 2.75) is 39.8 Å². The molecule has 1 aliphatic heterocycles. The summed E-state index contributed by atoms with van der Waals surface area (Å²) in [6.45, 7) is 9.98. The van der Waals surface area contributed by atoms with Gasteiger partial charge in [0.25, 0.3) is 0 Å². The second-order valence-corrected chi connectivity index (χ2v) is 7.16. The largest absolute Gasteiger partial charge is 0.377 e. The number of benzene rings is 1. The van der Waals surface area contributed by atoms with Crippen molar-refractivity contribution in [2.24, 2.45) is 0 Å². The van der Waals surface area contributed by atoms with E-state index in [-0.39, 0.29) is 6.10 Å². The molecule has 0 radical (unpaired) electrons. The number of hydrogen-bond donors (Lipinski definition) is 0. The molecule has 0 spiro atoms. The predicted molar refractivity (Wildman–Crippen MR) is 105 cm³/mol. The lowest BCUT2D eigenvalue weighted by Crippen LogP contribution is -2.31. The summed E-state index contributed by atoms with van der Waals surface area (Å²) in [5, 5.41) is 1.18. The molecular formula is C21H26N4O. The number of nitrogens with zero attached hydrogens (tertiary/aromatic N) is 4. The average Bonchev–Trinajstić information content (AvgIpc) is 2.81. The molecule has 4 rings (SSSR count). The third kappa shape index (κ3) is 3.07. The third-order valence-corrected chi connectivity index (χ3v) is 5.32. The molecule has 136 valence electrons. The summed E-state index contributed by atoms with van der Waals surface area (Å²) in [6, 6.07) is 10.6. The van der Waals surface area contributed by atoms with E-state index in [9.17, 15) is 0 Å². The Bertz CT molecular complexity index is 903. The maximum absolute atomic E-state index is 5.81. The first kappa shape index (κ1) is 17.0. The molecule has 0 N–H and O–H groups in total. The highest BCUT2D eigenvalue weighted by molar-refractivity contribution is 5.92. The van der Waals surface area contributed by atoms with Crippen LogP contribution >= 0.6 is 0 Å². The number of hydrogen-bond acceptors (Lipinski definition) is 4. The lowest BCUT2D eigenvalue weighted by atomic mass is 10.2. The van der Waals surface area contributed by atoms with Crippen molar-refractivity contribution in [1.82, 2.24) is 14.5 Å². The Hall–Kier alpha value is -2.40. The van der Waals surface area contributed by atoms with Crippen LogP contribution in [0.4, 0.5) is 5.82 Å². The van der Waals surface area contributed by atoms with Crippen molar-refractivity contribution in [3.8, 4) is 0 Å². The van der Waals surface area contributed by atoms with Crippen LogP contribution in [0.5, 0.6) is 0 Å². The number of rotatable bonds is 3. The molecule has 0 saturated carbocycles. The summed E-state index contributed by atoms with van der Waals surface area (Å²) >= 11 is 0. The minimum Gasteiger partial charge on any atom is -0.377 e. The highest BCUT2D eigenvalue weighted by Gasteiger charge is 2.23. The molecule has 26 heavy (non-hydrogen) atoms. The number of aryl methyl sites for hydroxylation is 1. The monoisotopic (exact) mass is 350 g/mol. The number of ether oxygens (including phenoxy) is 1. The van der Waals surface area contributed by atoms with Crippen molar-refractivity contribution in [3.05, 3.63) is 53.5 Å². The standard InChI is InChI=1S/C21H26N4O/c1-15-12-24(10-7-11-26-15)20-19-16(2)17(3)25(21(19)23-14-22-20)13-18-8-5-4-6-9-18/h4-6,8-9,14-15H,7,10-13H2,1-3H3. The molecule has 1 aromatic carbocycles. The van der Waals surface area contributed by atoms with Crippen LogP contribution in [0.15, 0.2) is 36.7 Å². The fourth-order valence-electron chi connectivity index (χ4n) is 3.84. The molecule has 3 heterocycles. The van der Waals surface area contributed by atoms with Crippen LogP contribution in [0.1, 0.15) is 30.2 Å². The summed E-state index contributed by atoms with van der Waals surface area (Å²) in [7, 11) is 0. The molecule has 5 nitrogen and oxygen atoms in total. The second-order valence-electron chi connectivity index (χ2n) is 7.16. The molecule has 1 aliphatic rings. The first-order chi connectivity index (χ1) is 12.6. The van der Waals surface area contributed by atoms with Crippen molar-refractivity contribution < 1.29 is 4.74 Å². The first-order valence-electron chi connectivity index (χ1n) is 9.36. The molecule has 1 fully saturated rings. The third-order valence-electron chi connectivity index (χ3n) is 5.32. The van der Waals surface area contributed by atoms with Gasteiger partial charge >= 0.3 is 0 Å². The van der Waals surface area contributed by atoms with Crippen LogP contribution in [-0.2, 0) is 11.3 Å². The van der Waals surface area contributed by atoms with Crippen molar-refractivity contribution in [2.75, 3.05) is 24.6 Å². The normalized spacial score (nSPS) is 18.3. The molecule has 5 heteroatoms. The Balaban J connectivity index is 1.80. The van der Waals surface area contributed by atoms with Crippen LogP contribution < -0.4 is 4.90 Å². The zero-order valence-electron chi connectivity index (χ0n) is 15.8. The van der Waals surface area contributed by atoms with Gasteiger partial charge < -0.3 is 14.2 Å². The van der Waals surface area contributed by atoms with E-state index in [4.69, 9.17) is 4.74 Å². The SMILES string of the molecule is Cc1c(C)n(Cc2ccccc2)c2ncnc(N3CCCOC(C)C3)c12. The zero-order valence-corrected chi connectivity index (χ0v) is 15.8. The molecule has 0 aliphatic carbocycles. The lowest BCUT2D eigenvalue weighted by Gasteiger charge is -2.24. The Kier molecular flexibility index (Phi) is 4.64. The number of fused-ring (bicyclic) bond motifs is 1. The van der Waals surface area contributed by atoms with Gasteiger partial charge in [-0.1, -0.05) is 30.3 Å². The van der Waals surface area contributed by atoms with Crippen molar-refractivity contribution in [3.63, 3.8) is 0 Å². The number of anilines is 1. The predicted octanol–water partition coefficient (Wildman–Crippen LogP) is 3.71. The smallest absolute Gasteiger partial charge is 0.146 e. The minimum atomic E-state index is 0.218. The van der Waals surface area contributed by atoms with E-state index < -0.39 is 0 Å². The fraction of sp³-hybridized carbons (Fsp3) is 0.429. The molecule has 0 bridgehead atoms. The maximum Gasteiger partial charge on any atom is 0.146 e. The molecular weight excluding hydrogens is 324 g/mol. The highest BCUT2D eigenvalue weighted by Crippen LogP contribution is 2.32. The van der Waals surface area contributed by atoms with Gasteiger partial charge in [-0.3, -0.25) is 0 Å². The topological polar surface area (TPSA) is 43.2 Å². The molecule has 1 unspecified atom stereocenters. The van der Waals surface area contributed by atoms with Gasteiger partial charge in [0.05, 0.1) is 11.5 Å². The summed E-state index contributed by atoms with van der Waals surface area (Å²) < 4.78 is 8.12. The quantitative estimate of drug-likeness (QED) is 0.722. The second kappa shape index (κ2) is 7.08. The van der Waals surface area contributed by atoms with E-state index >= 15 is 0 Å². The molecule has 0 amide bonds. The Morgan fingerprint density at radius 1 is 1.15 bits per heavy atom. The van der Waals surface area contributed by atoms with E-state index in [1.54, 1.807) is 6.33 Å². The van der Waals surface area contributed by atoms with E-state index in [1.807, 2.05) is 0 Å². The first-order valence-corrected chi connectivity index (χ1v) is 9.36. The van der Waals surface area contributed by atoms with Crippen LogP contribution in [0.3, 0.4) is 0 Å². The fourth-order valence-corrected chi connectivity index (χ4v) is 3.84. The van der Waals surface area contributed by atoms with Gasteiger partial charge in [0.2, 0.25) is 0 Å². The van der Waals surface area contributed by atoms with Gasteiger partial charge in [-0.15, -0.1) is 0 Å². The van der Waals surface area contributed by atoms with Gasteiger partial charge in [0.1, 0.15) is 17.8 Å². The summed E-state index contributed by atoms with van der Waals surface area (Å²) in [6.07, 6.45) is 2.95. The van der Waals surface area contributed by atoms with Gasteiger partial charge in [0.15, 0.2) is 0 Å². The van der Waals surface area contributed by atoms with Gasteiger partial charge in [-0.25, -0.2) is 9.97 Å². The van der Waals surface area contributed by atoms with Crippen molar-refractivity contribution in [1.29, 1.82) is 0 Å². The van der Waals surface area contributed by atoms with Crippen LogP contribution in [0.25, 0.3) is 11.0 Å². The van der Waals surface area contributed by atoms with Crippen molar-refractivity contribution >= 4 is 16.9 Å². The summed E-state index contributed by atoms with van der Waals surface area (Å²) in [4.78, 5) is 11.7. The van der Waals surface area contributed by atoms with Crippen LogP contribution in [0, 0.1) is 13.8 Å². The molecule has 1 saturated heterocycles. The Labute approximate surface area is 154 Å². The van der Waals surface area contributed by atoms with Gasteiger partial charge in [-0.2, -0.15) is 0 Å². The summed E-state index contributed by atoms with van der Waals surface area (Å²) in [5.41, 5.74) is 4.82. The summed E-state index contributed by atoms with van der Waals surface area (Å²) in [5.74, 6) is 1.04. The van der Waals surface area contributed by atoms with E-state index in [0.717, 1.165) is 44.1 Å². The van der Waals surface area contributed by atoms with E-state index in [2.05, 4.69) is 70.5 Å². The number of aromatic nitrogens is 3. The molecule has 2 aromatic heterocycles. The Morgan fingerprint density at radius 2 is 1.96 bits per heavy atom. The van der Waals surface area contributed by atoms with Gasteiger partial charge in [-0.05, 0) is 38.3 Å². The minimum absolute atomic E-state index is 0.218. The van der Waals surface area contributed by atoms with Gasteiger partial charge in [0, 0.05) is 31.9 Å². The van der Waals surface area contributed by atoms with E-state index in [1.165, 1.54) is 22.2 Å². The molecule has 3 aromatic rings.